The van der Waals surface area contributed by atoms with Gasteiger partial charge in [-0.2, -0.15) is 0 Å². The first-order chi connectivity index (χ1) is 11.3. The van der Waals surface area contributed by atoms with Gasteiger partial charge in [0.05, 0.1) is 12.7 Å². The molecule has 4 nitrogen and oxygen atoms in total. The van der Waals surface area contributed by atoms with Gasteiger partial charge in [0.2, 0.25) is 0 Å². The van der Waals surface area contributed by atoms with Gasteiger partial charge in [-0.05, 0) is 42.2 Å². The van der Waals surface area contributed by atoms with Crippen LogP contribution >= 0.6 is 0 Å². The molecular weight excluding hydrogens is 304 g/mol. The maximum Gasteiger partial charge on any atom is 0.162 e. The number of aromatic hydroxyl groups is 2. The number of rotatable bonds is 2. The van der Waals surface area contributed by atoms with Gasteiger partial charge in [0.25, 0.3) is 0 Å². The van der Waals surface area contributed by atoms with E-state index in [1.165, 1.54) is 6.42 Å². The lowest BCUT2D eigenvalue weighted by atomic mass is 9.48. The molecule has 2 fully saturated rings. The third-order valence-electron chi connectivity index (χ3n) is 7.03. The predicted molar refractivity (Wildman–Crippen MR) is 91.4 cm³/mol. The van der Waals surface area contributed by atoms with Crippen LogP contribution in [0.1, 0.15) is 75.2 Å². The van der Waals surface area contributed by atoms with Gasteiger partial charge < -0.3 is 20.1 Å². The summed E-state index contributed by atoms with van der Waals surface area (Å²) in [5.74, 6) is 0.229. The molecule has 4 heteroatoms. The predicted octanol–water partition coefficient (Wildman–Crippen LogP) is 3.73. The summed E-state index contributed by atoms with van der Waals surface area (Å²) in [5, 5.41) is 31.0. The van der Waals surface area contributed by atoms with E-state index in [1.807, 2.05) is 13.0 Å². The van der Waals surface area contributed by atoms with E-state index in [0.717, 1.165) is 30.4 Å². The monoisotopic (exact) mass is 332 g/mol. The third kappa shape index (κ3) is 1.93. The number of phenols is 2. The first kappa shape index (κ1) is 16.2. The van der Waals surface area contributed by atoms with E-state index in [1.54, 1.807) is 0 Å². The van der Waals surface area contributed by atoms with E-state index in [2.05, 4.69) is 13.8 Å². The van der Waals surface area contributed by atoms with E-state index < -0.39 is 0 Å². The first-order valence-corrected chi connectivity index (χ1v) is 9.13. The molecule has 2 aliphatic carbocycles. The molecule has 132 valence electrons. The Morgan fingerprint density at radius 2 is 2.00 bits per heavy atom. The van der Waals surface area contributed by atoms with Crippen LogP contribution in [-0.2, 0) is 10.2 Å². The lowest BCUT2D eigenvalue weighted by Crippen LogP contribution is -2.57. The maximum atomic E-state index is 10.9. The highest BCUT2D eigenvalue weighted by Gasteiger charge is 2.59. The molecule has 1 saturated heterocycles. The molecule has 2 bridgehead atoms. The van der Waals surface area contributed by atoms with Gasteiger partial charge in [0, 0.05) is 29.1 Å². The van der Waals surface area contributed by atoms with Crippen LogP contribution < -0.4 is 0 Å². The van der Waals surface area contributed by atoms with Crippen LogP contribution in [-0.4, -0.2) is 28.5 Å². The van der Waals surface area contributed by atoms with Crippen LogP contribution in [0.5, 0.6) is 11.5 Å². The topological polar surface area (TPSA) is 69.9 Å². The van der Waals surface area contributed by atoms with Crippen molar-refractivity contribution >= 4 is 0 Å². The Morgan fingerprint density at radius 1 is 1.25 bits per heavy atom. The Morgan fingerprint density at radius 3 is 2.71 bits per heavy atom. The van der Waals surface area contributed by atoms with E-state index in [0.29, 0.717) is 18.1 Å². The lowest BCUT2D eigenvalue weighted by Gasteiger charge is -2.60. The van der Waals surface area contributed by atoms with E-state index in [4.69, 9.17) is 4.74 Å². The number of hydrogen-bond acceptors (Lipinski definition) is 4. The second-order valence-corrected chi connectivity index (χ2v) is 8.80. The summed E-state index contributed by atoms with van der Waals surface area (Å²) in [5.41, 5.74) is 2.61. The van der Waals surface area contributed by atoms with Crippen molar-refractivity contribution in [3.05, 3.63) is 22.8 Å². The number of phenolic OH excluding ortho intramolecular Hbond substituents is 2. The zero-order chi connectivity index (χ0) is 17.3. The average molecular weight is 332 g/mol. The molecule has 1 aromatic carbocycles. The van der Waals surface area contributed by atoms with Crippen molar-refractivity contribution in [2.24, 2.45) is 11.3 Å². The van der Waals surface area contributed by atoms with Gasteiger partial charge in [-0.15, -0.1) is 0 Å². The van der Waals surface area contributed by atoms with Crippen LogP contribution in [0.2, 0.25) is 0 Å². The maximum absolute atomic E-state index is 10.9. The largest absolute Gasteiger partial charge is 0.504 e. The number of fused-ring (bicyclic) bond motifs is 1. The summed E-state index contributed by atoms with van der Waals surface area (Å²) in [4.78, 5) is 0. The van der Waals surface area contributed by atoms with Crippen molar-refractivity contribution in [2.45, 2.75) is 63.9 Å². The summed E-state index contributed by atoms with van der Waals surface area (Å²) >= 11 is 0. The van der Waals surface area contributed by atoms with Gasteiger partial charge in [0.1, 0.15) is 0 Å². The highest BCUT2D eigenvalue weighted by atomic mass is 16.5. The van der Waals surface area contributed by atoms with E-state index >= 15 is 0 Å². The zero-order valence-corrected chi connectivity index (χ0v) is 14.8. The molecule has 1 saturated carbocycles. The fourth-order valence-electron chi connectivity index (χ4n) is 5.74. The molecule has 0 unspecified atom stereocenters. The molecule has 1 aromatic rings. The summed E-state index contributed by atoms with van der Waals surface area (Å²) in [6.07, 6.45) is 4.29. The Bertz CT molecular complexity index is 681. The second kappa shape index (κ2) is 5.12. The molecule has 0 aromatic heterocycles. The van der Waals surface area contributed by atoms with Crippen LogP contribution in [0.3, 0.4) is 0 Å². The second-order valence-electron chi connectivity index (χ2n) is 8.80. The van der Waals surface area contributed by atoms with Gasteiger partial charge >= 0.3 is 0 Å². The molecule has 5 rings (SSSR count). The number of aliphatic hydroxyl groups is 1. The molecule has 0 amide bonds. The number of ether oxygens (including phenoxy) is 1. The number of aliphatic hydroxyl groups excluding tert-OH is 1. The van der Waals surface area contributed by atoms with Crippen LogP contribution in [0.25, 0.3) is 0 Å². The summed E-state index contributed by atoms with van der Waals surface area (Å²) in [6, 6.07) is 1.97. The van der Waals surface area contributed by atoms with Crippen molar-refractivity contribution in [1.82, 2.24) is 0 Å². The zero-order valence-electron chi connectivity index (χ0n) is 14.8. The Balaban J connectivity index is 1.94. The molecule has 2 heterocycles. The summed E-state index contributed by atoms with van der Waals surface area (Å²) in [6.45, 7) is 7.10. The molecule has 3 N–H and O–H groups in total. The van der Waals surface area contributed by atoms with Gasteiger partial charge in [-0.25, -0.2) is 0 Å². The standard InChI is InChI=1S/C20H28O4/c1-11(9-21)12-7-13-14-8-15-19(2,3)5-4-6-20(15,10-24-14)16(13)18(23)17(12)22/h7,11,14-15,21-23H,4-6,8-10H2,1-3H3/t11-,14+,15+,20-/m1/s1. The first-order valence-electron chi connectivity index (χ1n) is 9.13. The van der Waals surface area contributed by atoms with Crippen LogP contribution in [0, 0.1) is 11.3 Å². The molecular formula is C20H28O4. The number of hydrogen-bond donors (Lipinski definition) is 3. The fourth-order valence-corrected chi connectivity index (χ4v) is 5.74. The van der Waals surface area contributed by atoms with Crippen molar-refractivity contribution < 1.29 is 20.1 Å². The van der Waals surface area contributed by atoms with Gasteiger partial charge in [0.15, 0.2) is 11.5 Å². The highest BCUT2D eigenvalue weighted by molar-refractivity contribution is 5.61. The molecule has 24 heavy (non-hydrogen) atoms. The van der Waals surface area contributed by atoms with Crippen LogP contribution in [0.15, 0.2) is 6.07 Å². The molecule has 0 radical (unpaired) electrons. The SMILES string of the molecule is C[C@H](CO)c1cc2c(c(O)c1O)[C@@]13CCCC(C)(C)[C@@H]1C[C@@H]2OC3. The minimum atomic E-state index is -0.210. The molecule has 4 aliphatic rings. The Hall–Kier alpha value is -1.26. The molecule has 2 aliphatic heterocycles. The normalized spacial score (nSPS) is 34.5. The molecule has 4 atom stereocenters. The number of benzene rings is 1. The minimum absolute atomic E-state index is 0.0135. The highest BCUT2D eigenvalue weighted by Crippen LogP contribution is 2.65. The van der Waals surface area contributed by atoms with Gasteiger partial charge in [-0.1, -0.05) is 27.2 Å². The van der Waals surface area contributed by atoms with E-state index in [-0.39, 0.29) is 41.0 Å². The third-order valence-corrected chi connectivity index (χ3v) is 7.03. The van der Waals surface area contributed by atoms with Crippen molar-refractivity contribution in [3.8, 4) is 11.5 Å². The quantitative estimate of drug-likeness (QED) is 0.722. The summed E-state index contributed by atoms with van der Waals surface area (Å²) in [7, 11) is 0. The Labute approximate surface area is 143 Å². The molecule has 1 spiro atoms. The smallest absolute Gasteiger partial charge is 0.162 e. The average Bonchev–Trinajstić information content (AvgIpc) is 2.56. The Kier molecular flexibility index (Phi) is 3.46. The van der Waals surface area contributed by atoms with Crippen molar-refractivity contribution in [2.75, 3.05) is 13.2 Å². The summed E-state index contributed by atoms with van der Waals surface area (Å²) < 4.78 is 6.16. The minimum Gasteiger partial charge on any atom is -0.504 e. The van der Waals surface area contributed by atoms with Crippen molar-refractivity contribution in [1.29, 1.82) is 0 Å². The fraction of sp³-hybridized carbons (Fsp3) is 0.700. The van der Waals surface area contributed by atoms with Crippen molar-refractivity contribution in [3.63, 3.8) is 0 Å². The van der Waals surface area contributed by atoms with Crippen LogP contribution in [0.4, 0.5) is 0 Å². The lowest BCUT2D eigenvalue weighted by molar-refractivity contribution is -0.137. The van der Waals surface area contributed by atoms with Gasteiger partial charge in [-0.3, -0.25) is 0 Å². The van der Waals surface area contributed by atoms with E-state index in [9.17, 15) is 15.3 Å².